The summed E-state index contributed by atoms with van der Waals surface area (Å²) in [5.41, 5.74) is 3.43. The lowest BCUT2D eigenvalue weighted by Gasteiger charge is -2.61. The van der Waals surface area contributed by atoms with Crippen molar-refractivity contribution in [2.75, 3.05) is 7.05 Å². The van der Waals surface area contributed by atoms with Crippen LogP contribution in [0.25, 0.3) is 0 Å². The Morgan fingerprint density at radius 3 is 2.05 bits per heavy atom. The molecule has 1 saturated carbocycles. The second-order valence-corrected chi connectivity index (χ2v) is 6.14. The molecule has 106 valence electrons. The lowest BCUT2D eigenvalue weighted by molar-refractivity contribution is -0.0356. The van der Waals surface area contributed by atoms with Crippen molar-refractivity contribution in [3.63, 3.8) is 0 Å². The summed E-state index contributed by atoms with van der Waals surface area (Å²) >= 11 is 0. The van der Waals surface area contributed by atoms with Gasteiger partial charge in [-0.3, -0.25) is 0 Å². The van der Waals surface area contributed by atoms with E-state index in [4.69, 9.17) is 0 Å². The second-order valence-electron chi connectivity index (χ2n) is 6.14. The minimum Gasteiger partial charge on any atom is -0.316 e. The molecule has 1 fully saturated rings. The van der Waals surface area contributed by atoms with Crippen LogP contribution >= 0.6 is 0 Å². The molecule has 0 heterocycles. The van der Waals surface area contributed by atoms with Crippen LogP contribution in [0.3, 0.4) is 0 Å². The molecule has 1 aliphatic rings. The second kappa shape index (κ2) is 5.66. The zero-order valence-electron chi connectivity index (χ0n) is 13.2. The number of hydrogen-bond acceptors (Lipinski definition) is 1. The molecule has 0 bridgehead atoms. The number of nitrogens with one attached hydrogen (secondary N) is 1. The largest absolute Gasteiger partial charge is 0.316 e. The zero-order chi connectivity index (χ0) is 14.0. The monoisotopic (exact) mass is 259 g/mol. The minimum atomic E-state index is 0.446. The summed E-state index contributed by atoms with van der Waals surface area (Å²) < 4.78 is 0. The van der Waals surface area contributed by atoms with E-state index in [0.29, 0.717) is 17.4 Å². The van der Waals surface area contributed by atoms with E-state index in [1.54, 1.807) is 5.56 Å². The van der Waals surface area contributed by atoms with Crippen LogP contribution in [0.5, 0.6) is 0 Å². The van der Waals surface area contributed by atoms with Gasteiger partial charge in [0.05, 0.1) is 0 Å². The molecule has 0 radical (unpaired) electrons. The summed E-state index contributed by atoms with van der Waals surface area (Å²) in [6.45, 7) is 9.34. The Balaban J connectivity index is 2.31. The third-order valence-corrected chi connectivity index (χ3v) is 5.66. The van der Waals surface area contributed by atoms with Gasteiger partial charge in [0.2, 0.25) is 0 Å². The highest BCUT2D eigenvalue weighted by molar-refractivity contribution is 5.32. The van der Waals surface area contributed by atoms with Gasteiger partial charge in [-0.05, 0) is 54.7 Å². The van der Waals surface area contributed by atoms with Crippen LogP contribution in [0.4, 0.5) is 0 Å². The minimum absolute atomic E-state index is 0.446. The first kappa shape index (κ1) is 14.6. The molecular weight excluding hydrogens is 230 g/mol. The van der Waals surface area contributed by atoms with Gasteiger partial charge in [-0.25, -0.2) is 0 Å². The van der Waals surface area contributed by atoms with Gasteiger partial charge in [0.15, 0.2) is 0 Å². The van der Waals surface area contributed by atoms with E-state index in [1.165, 1.54) is 18.4 Å². The van der Waals surface area contributed by atoms with E-state index >= 15 is 0 Å². The fourth-order valence-electron chi connectivity index (χ4n) is 4.59. The van der Waals surface area contributed by atoms with Gasteiger partial charge in [-0.1, -0.05) is 52.0 Å². The summed E-state index contributed by atoms with van der Waals surface area (Å²) in [7, 11) is 2.12. The van der Waals surface area contributed by atoms with Crippen LogP contribution in [0.15, 0.2) is 24.3 Å². The molecule has 1 aliphatic carbocycles. The summed E-state index contributed by atoms with van der Waals surface area (Å²) in [5, 5.41) is 3.57. The molecule has 0 aromatic heterocycles. The van der Waals surface area contributed by atoms with Crippen LogP contribution in [-0.4, -0.2) is 13.1 Å². The van der Waals surface area contributed by atoms with Crippen molar-refractivity contribution >= 4 is 0 Å². The number of benzene rings is 1. The van der Waals surface area contributed by atoms with Crippen LogP contribution < -0.4 is 5.32 Å². The van der Waals surface area contributed by atoms with Gasteiger partial charge >= 0.3 is 0 Å². The van der Waals surface area contributed by atoms with E-state index in [2.05, 4.69) is 64.3 Å². The zero-order valence-corrected chi connectivity index (χ0v) is 13.2. The van der Waals surface area contributed by atoms with Gasteiger partial charge in [-0.2, -0.15) is 0 Å². The summed E-state index contributed by atoms with van der Waals surface area (Å²) in [6.07, 6.45) is 3.66. The predicted octanol–water partition coefficient (Wildman–Crippen LogP) is 4.38. The highest BCUT2D eigenvalue weighted by atomic mass is 15.0. The predicted molar refractivity (Wildman–Crippen MR) is 83.6 cm³/mol. The van der Waals surface area contributed by atoms with E-state index in [-0.39, 0.29) is 0 Å². The topological polar surface area (TPSA) is 12.0 Å². The Labute approximate surface area is 118 Å². The molecule has 3 unspecified atom stereocenters. The maximum atomic E-state index is 3.57. The molecule has 1 aromatic carbocycles. The van der Waals surface area contributed by atoms with E-state index in [1.807, 2.05) is 0 Å². The standard InChI is InChI=1S/C18H29N/c1-6-14-9-11-15(12-10-14)16-13(4)17(19-5)18(16,7-2)8-3/h9-13,16-17,19H,6-8H2,1-5H3. The van der Waals surface area contributed by atoms with E-state index < -0.39 is 0 Å². The smallest absolute Gasteiger partial charge is 0.0158 e. The molecule has 0 amide bonds. The SMILES string of the molecule is CCc1ccc(C2C(C)C(NC)C2(CC)CC)cc1. The average molecular weight is 259 g/mol. The Morgan fingerprint density at radius 1 is 1.05 bits per heavy atom. The molecule has 1 N–H and O–H groups in total. The van der Waals surface area contributed by atoms with Gasteiger partial charge in [-0.15, -0.1) is 0 Å². The van der Waals surface area contributed by atoms with Crippen LogP contribution in [0.2, 0.25) is 0 Å². The van der Waals surface area contributed by atoms with Crippen molar-refractivity contribution in [2.24, 2.45) is 11.3 Å². The molecule has 2 rings (SSSR count). The van der Waals surface area contributed by atoms with Crippen molar-refractivity contribution in [1.29, 1.82) is 0 Å². The van der Waals surface area contributed by atoms with E-state index in [0.717, 1.165) is 12.3 Å². The molecule has 3 atom stereocenters. The maximum absolute atomic E-state index is 3.57. The van der Waals surface area contributed by atoms with Crippen molar-refractivity contribution in [2.45, 2.75) is 58.9 Å². The van der Waals surface area contributed by atoms with Gasteiger partial charge < -0.3 is 5.32 Å². The molecule has 1 heteroatoms. The fourth-order valence-corrected chi connectivity index (χ4v) is 4.59. The van der Waals surface area contributed by atoms with Crippen molar-refractivity contribution in [3.8, 4) is 0 Å². The molecule has 1 aromatic rings. The Hall–Kier alpha value is -0.820. The number of rotatable bonds is 5. The molecule has 0 spiro atoms. The summed E-state index contributed by atoms with van der Waals surface area (Å²) in [6, 6.07) is 10.0. The van der Waals surface area contributed by atoms with Crippen molar-refractivity contribution < 1.29 is 0 Å². The maximum Gasteiger partial charge on any atom is 0.0158 e. The normalized spacial score (nSPS) is 29.0. The van der Waals surface area contributed by atoms with Gasteiger partial charge in [0.25, 0.3) is 0 Å². The highest BCUT2D eigenvalue weighted by Crippen LogP contribution is 2.60. The first-order chi connectivity index (χ1) is 9.14. The Kier molecular flexibility index (Phi) is 4.35. The van der Waals surface area contributed by atoms with E-state index in [9.17, 15) is 0 Å². The summed E-state index contributed by atoms with van der Waals surface area (Å²) in [5.74, 6) is 1.45. The Bertz CT molecular complexity index is 402. The lowest BCUT2D eigenvalue weighted by atomic mass is 9.46. The molecular formula is C18H29N. The van der Waals surface area contributed by atoms with Gasteiger partial charge in [0.1, 0.15) is 0 Å². The quantitative estimate of drug-likeness (QED) is 0.827. The third-order valence-electron chi connectivity index (χ3n) is 5.66. The number of hydrogen-bond donors (Lipinski definition) is 1. The number of aryl methyl sites for hydroxylation is 1. The molecule has 19 heavy (non-hydrogen) atoms. The van der Waals surface area contributed by atoms with Crippen LogP contribution in [-0.2, 0) is 6.42 Å². The van der Waals surface area contributed by atoms with Crippen LogP contribution in [0, 0.1) is 11.3 Å². The molecule has 1 nitrogen and oxygen atoms in total. The first-order valence-electron chi connectivity index (χ1n) is 7.90. The van der Waals surface area contributed by atoms with Crippen LogP contribution in [0.1, 0.15) is 57.6 Å². The molecule has 0 aliphatic heterocycles. The first-order valence-corrected chi connectivity index (χ1v) is 7.90. The van der Waals surface area contributed by atoms with Gasteiger partial charge in [0, 0.05) is 6.04 Å². The fraction of sp³-hybridized carbons (Fsp3) is 0.667. The molecule has 0 saturated heterocycles. The lowest BCUT2D eigenvalue weighted by Crippen LogP contribution is -2.63. The summed E-state index contributed by atoms with van der Waals surface area (Å²) in [4.78, 5) is 0. The highest BCUT2D eigenvalue weighted by Gasteiger charge is 2.57. The Morgan fingerprint density at radius 2 is 1.63 bits per heavy atom. The van der Waals surface area contributed by atoms with Crippen molar-refractivity contribution in [1.82, 2.24) is 5.32 Å². The average Bonchev–Trinajstić information content (AvgIpc) is 2.45. The van der Waals surface area contributed by atoms with Crippen molar-refractivity contribution in [3.05, 3.63) is 35.4 Å². The third kappa shape index (κ3) is 2.12.